The van der Waals surface area contributed by atoms with Crippen LogP contribution in [-0.2, 0) is 38.7 Å². The van der Waals surface area contributed by atoms with Gasteiger partial charge in [0.25, 0.3) is 0 Å². The van der Waals surface area contributed by atoms with Crippen molar-refractivity contribution in [1.82, 2.24) is 5.32 Å². The van der Waals surface area contributed by atoms with Crippen LogP contribution in [0.5, 0.6) is 5.75 Å². The molecule has 7 heteroatoms. The van der Waals surface area contributed by atoms with E-state index in [1.807, 2.05) is 74.5 Å². The van der Waals surface area contributed by atoms with Crippen LogP contribution in [0.25, 0.3) is 0 Å². The fourth-order valence-corrected chi connectivity index (χ4v) is 3.90. The smallest absolute Gasteiger partial charge is 0.329 e. The zero-order valence-electron chi connectivity index (χ0n) is 19.7. The first-order chi connectivity index (χ1) is 16.9. The second-order valence-corrected chi connectivity index (χ2v) is 8.78. The molecule has 1 aliphatic heterocycles. The number of ether oxygens (including phenoxy) is 3. The Labute approximate surface area is 204 Å². The van der Waals surface area contributed by atoms with Gasteiger partial charge in [-0.3, -0.25) is 4.79 Å². The van der Waals surface area contributed by atoms with Gasteiger partial charge in [-0.1, -0.05) is 74.5 Å². The van der Waals surface area contributed by atoms with Crippen molar-refractivity contribution in [2.24, 2.45) is 5.92 Å². The first-order valence-corrected chi connectivity index (χ1v) is 11.5. The number of esters is 1. The second-order valence-electron chi connectivity index (χ2n) is 8.78. The van der Waals surface area contributed by atoms with Crippen LogP contribution in [0.15, 0.2) is 72.8 Å². The van der Waals surface area contributed by atoms with Crippen LogP contribution >= 0.6 is 0 Å². The summed E-state index contributed by atoms with van der Waals surface area (Å²) < 4.78 is 31.5. The molecule has 6 nitrogen and oxygen atoms in total. The zero-order chi connectivity index (χ0) is 24.8. The molecule has 35 heavy (non-hydrogen) atoms. The summed E-state index contributed by atoms with van der Waals surface area (Å²) in [7, 11) is 0. The Bertz CT molecular complexity index is 1170. The first-order valence-electron chi connectivity index (χ1n) is 11.5. The number of halogens is 1. The lowest BCUT2D eigenvalue weighted by atomic mass is 10.0. The van der Waals surface area contributed by atoms with Crippen molar-refractivity contribution in [3.63, 3.8) is 0 Å². The summed E-state index contributed by atoms with van der Waals surface area (Å²) in [5, 5.41) is 2.76. The third-order valence-corrected chi connectivity index (χ3v) is 5.71. The number of nitrogens with one attached hydrogen (secondary N) is 1. The van der Waals surface area contributed by atoms with E-state index in [0.29, 0.717) is 16.9 Å². The molecule has 0 aromatic heterocycles. The van der Waals surface area contributed by atoms with Crippen molar-refractivity contribution >= 4 is 11.9 Å². The zero-order valence-corrected chi connectivity index (χ0v) is 19.7. The lowest BCUT2D eigenvalue weighted by Crippen LogP contribution is -2.45. The Hall–Kier alpha value is -3.71. The van der Waals surface area contributed by atoms with E-state index in [9.17, 15) is 14.0 Å². The van der Waals surface area contributed by atoms with Crippen molar-refractivity contribution in [3.05, 3.63) is 101 Å². The van der Waals surface area contributed by atoms with Crippen LogP contribution in [0.1, 0.15) is 42.4 Å². The summed E-state index contributed by atoms with van der Waals surface area (Å²) in [6.45, 7) is 3.61. The molecule has 0 saturated carbocycles. The van der Waals surface area contributed by atoms with Gasteiger partial charge in [-0.05, 0) is 23.6 Å². The van der Waals surface area contributed by atoms with Gasteiger partial charge in [0.15, 0.2) is 0 Å². The van der Waals surface area contributed by atoms with E-state index in [-0.39, 0.29) is 31.5 Å². The molecule has 1 N–H and O–H groups in total. The van der Waals surface area contributed by atoms with E-state index in [4.69, 9.17) is 14.2 Å². The molecule has 0 bridgehead atoms. The Balaban J connectivity index is 1.44. The predicted octanol–water partition coefficient (Wildman–Crippen LogP) is 4.86. The maximum absolute atomic E-state index is 14.3. The van der Waals surface area contributed by atoms with Gasteiger partial charge in [0.2, 0.25) is 12.2 Å². The predicted molar refractivity (Wildman–Crippen MR) is 128 cm³/mol. The van der Waals surface area contributed by atoms with Crippen LogP contribution in [0.2, 0.25) is 0 Å². The van der Waals surface area contributed by atoms with Crippen molar-refractivity contribution < 1.29 is 28.2 Å². The number of hydrogen-bond donors (Lipinski definition) is 1. The highest BCUT2D eigenvalue weighted by Crippen LogP contribution is 2.36. The van der Waals surface area contributed by atoms with Gasteiger partial charge in [-0.15, -0.1) is 0 Å². The minimum atomic E-state index is -0.836. The highest BCUT2D eigenvalue weighted by Gasteiger charge is 2.28. The average Bonchev–Trinajstić information content (AvgIpc) is 2.86. The van der Waals surface area contributed by atoms with Crippen LogP contribution in [0, 0.1) is 11.7 Å². The molecule has 0 aliphatic carbocycles. The van der Waals surface area contributed by atoms with Gasteiger partial charge in [-0.25, -0.2) is 9.18 Å². The Morgan fingerprint density at radius 1 is 1.06 bits per heavy atom. The SMILES string of the molecule is CC(C)[C@H](NC(=O)Cc1ccccc1)C(=O)OCc1cc(F)cc2c1OC(c1ccccc1)OC2. The maximum atomic E-state index is 14.3. The van der Waals surface area contributed by atoms with Gasteiger partial charge in [0.05, 0.1) is 13.0 Å². The molecule has 1 unspecified atom stereocenters. The van der Waals surface area contributed by atoms with Gasteiger partial charge < -0.3 is 19.5 Å². The molecule has 1 amide bonds. The number of rotatable bonds is 8. The van der Waals surface area contributed by atoms with E-state index in [0.717, 1.165) is 11.1 Å². The fraction of sp³-hybridized carbons (Fsp3) is 0.286. The van der Waals surface area contributed by atoms with E-state index in [1.54, 1.807) is 0 Å². The monoisotopic (exact) mass is 477 g/mol. The molecule has 3 aromatic rings. The van der Waals surface area contributed by atoms with Crippen LogP contribution in [-0.4, -0.2) is 17.9 Å². The Morgan fingerprint density at radius 2 is 1.74 bits per heavy atom. The van der Waals surface area contributed by atoms with E-state index < -0.39 is 24.1 Å². The van der Waals surface area contributed by atoms with Gasteiger partial charge in [0, 0.05) is 16.7 Å². The van der Waals surface area contributed by atoms with Crippen LogP contribution in [0.4, 0.5) is 4.39 Å². The fourth-order valence-electron chi connectivity index (χ4n) is 3.90. The molecule has 182 valence electrons. The summed E-state index contributed by atoms with van der Waals surface area (Å²) in [6.07, 6.45) is -0.493. The summed E-state index contributed by atoms with van der Waals surface area (Å²) in [4.78, 5) is 25.4. The number of fused-ring (bicyclic) bond motifs is 1. The normalized spacial score (nSPS) is 15.6. The van der Waals surface area contributed by atoms with Crippen molar-refractivity contribution in [2.75, 3.05) is 0 Å². The molecular formula is C28H28FNO5. The number of hydrogen-bond acceptors (Lipinski definition) is 5. The van der Waals surface area contributed by atoms with E-state index in [2.05, 4.69) is 5.32 Å². The molecule has 3 aromatic carbocycles. The molecule has 0 saturated heterocycles. The van der Waals surface area contributed by atoms with Gasteiger partial charge in [-0.2, -0.15) is 0 Å². The third-order valence-electron chi connectivity index (χ3n) is 5.71. The van der Waals surface area contributed by atoms with Crippen molar-refractivity contribution in [3.8, 4) is 5.75 Å². The lowest BCUT2D eigenvalue weighted by molar-refractivity contribution is -0.150. The minimum absolute atomic E-state index is 0.156. The van der Waals surface area contributed by atoms with Crippen LogP contribution in [0.3, 0.4) is 0 Å². The molecule has 2 atom stereocenters. The second kappa shape index (κ2) is 11.1. The summed E-state index contributed by atoms with van der Waals surface area (Å²) in [5.74, 6) is -1.10. The Kier molecular flexibility index (Phi) is 7.77. The largest absolute Gasteiger partial charge is 0.460 e. The number of carbonyl (C=O) groups is 2. The van der Waals surface area contributed by atoms with Crippen LogP contribution < -0.4 is 10.1 Å². The van der Waals surface area contributed by atoms with Gasteiger partial charge in [0.1, 0.15) is 24.2 Å². The minimum Gasteiger partial charge on any atom is -0.460 e. The summed E-state index contributed by atoms with van der Waals surface area (Å²) in [6, 6.07) is 20.5. The molecule has 0 fully saturated rings. The highest BCUT2D eigenvalue weighted by atomic mass is 19.1. The molecule has 1 aliphatic rings. The number of carbonyl (C=O) groups excluding carboxylic acids is 2. The molecular weight excluding hydrogens is 449 g/mol. The molecule has 1 heterocycles. The third kappa shape index (κ3) is 6.25. The highest BCUT2D eigenvalue weighted by molar-refractivity contribution is 5.85. The lowest BCUT2D eigenvalue weighted by Gasteiger charge is -2.28. The summed E-state index contributed by atoms with van der Waals surface area (Å²) in [5.41, 5.74) is 2.61. The van der Waals surface area contributed by atoms with Crippen molar-refractivity contribution in [2.45, 2.75) is 45.8 Å². The number of amides is 1. The van der Waals surface area contributed by atoms with E-state index >= 15 is 0 Å². The standard InChI is InChI=1S/C28H28FNO5/c1-18(2)25(30-24(31)13-19-9-5-3-6-10-19)27(32)33-16-21-14-23(29)15-22-17-34-28(35-26(21)22)20-11-7-4-8-12-20/h3-12,14-15,18,25,28H,13,16-17H2,1-2H3,(H,30,31)/t25-,28?/m0/s1. The molecule has 4 rings (SSSR count). The maximum Gasteiger partial charge on any atom is 0.329 e. The quantitative estimate of drug-likeness (QED) is 0.469. The average molecular weight is 478 g/mol. The van der Waals surface area contributed by atoms with Gasteiger partial charge >= 0.3 is 5.97 Å². The molecule has 0 radical (unpaired) electrons. The van der Waals surface area contributed by atoms with Crippen molar-refractivity contribution in [1.29, 1.82) is 0 Å². The summed E-state index contributed by atoms with van der Waals surface area (Å²) >= 11 is 0. The van der Waals surface area contributed by atoms with E-state index in [1.165, 1.54) is 12.1 Å². The first kappa shape index (κ1) is 24.4. The topological polar surface area (TPSA) is 73.9 Å². The Morgan fingerprint density at radius 3 is 2.43 bits per heavy atom. The molecule has 0 spiro atoms. The number of benzene rings is 3.